The molecule has 3 nitrogen and oxygen atoms in total. The number of halogens is 2. The van der Waals surface area contributed by atoms with Gasteiger partial charge in [0.05, 0.1) is 10.8 Å². The Morgan fingerprint density at radius 3 is 1.00 bits per heavy atom. The van der Waals surface area contributed by atoms with E-state index in [4.69, 9.17) is 14.0 Å². The Morgan fingerprint density at radius 2 is 1.00 bits per heavy atom. The summed E-state index contributed by atoms with van der Waals surface area (Å²) >= 11 is 0. The van der Waals surface area contributed by atoms with Crippen LogP contribution >= 0.6 is 0 Å². The molecule has 0 unspecified atom stereocenters. The molecule has 0 N–H and O–H groups in total. The molecule has 6 heavy (non-hydrogen) atoms. The van der Waals surface area contributed by atoms with Crippen LogP contribution < -0.4 is 26.4 Å². The fraction of sp³-hybridized carbons (Fsp3) is 0. The predicted octanol–water partition coefficient (Wildman–Crippen LogP) is -6.94. The third kappa shape index (κ3) is 43.1. The molecule has 34 valence electrons. The zero-order chi connectivity index (χ0) is 3.58. The van der Waals surface area contributed by atoms with E-state index in [0.717, 1.165) is 0 Å². The van der Waals surface area contributed by atoms with E-state index in [-0.39, 0.29) is 50.1 Å². The van der Waals surface area contributed by atoms with Crippen LogP contribution in [0.1, 0.15) is 0 Å². The third-order valence-electron chi connectivity index (χ3n) is 0. The summed E-state index contributed by atoms with van der Waals surface area (Å²) in [4.78, 5) is 0. The molecule has 0 aromatic carbocycles. The van der Waals surface area contributed by atoms with E-state index in [9.17, 15) is 0 Å². The Labute approximate surface area is 74.2 Å². The van der Waals surface area contributed by atoms with Crippen LogP contribution in [0.25, 0.3) is 0 Å². The number of hydrogen-bond acceptors (Lipinski definition) is 3. The van der Waals surface area contributed by atoms with Crippen LogP contribution in [-0.2, 0) is 0 Å². The molecule has 0 aromatic heterocycles. The first-order valence-corrected chi connectivity index (χ1v) is 1.39. The van der Waals surface area contributed by atoms with Gasteiger partial charge in [-0.3, -0.25) is 0 Å². The van der Waals surface area contributed by atoms with Crippen molar-refractivity contribution in [3.05, 3.63) is 0 Å². The summed E-state index contributed by atoms with van der Waals surface area (Å²) in [6.07, 6.45) is 0. The van der Waals surface area contributed by atoms with E-state index in [1.54, 1.807) is 0 Å². The normalized spacial score (nSPS) is 6.00. The van der Waals surface area contributed by atoms with Crippen molar-refractivity contribution in [2.45, 2.75) is 0 Å². The topological polar surface area (TPSA) is 69.2 Å². The van der Waals surface area contributed by atoms with Gasteiger partial charge in [0.15, 0.2) is 0 Å². The first-order valence-electron chi connectivity index (χ1n) is 0.463. The molecular weight excluding hydrogens is 159 g/mol. The Hall–Kier alpha value is 1.72. The Kier molecular flexibility index (Phi) is 25.7. The molecule has 0 aliphatic rings. The van der Waals surface area contributed by atoms with Crippen molar-refractivity contribution >= 4 is 37.7 Å². The Morgan fingerprint density at radius 1 is 1.00 bits per heavy atom. The molecule has 0 saturated heterocycles. The van der Waals surface area contributed by atoms with E-state index < -0.39 is 10.8 Å². The first-order chi connectivity index (χ1) is 1.73. The summed E-state index contributed by atoms with van der Waals surface area (Å²) in [6.45, 7) is 0. The van der Waals surface area contributed by atoms with Gasteiger partial charge in [0.25, 0.3) is 0 Å². The minimum Gasteiger partial charge on any atom is -1.00 e. The maximum absolute atomic E-state index is 8.41. The SMILES string of the molecule is [Ca+2].[Cl-].[O-][Cl+2]([O-])[O-]. The van der Waals surface area contributed by atoms with E-state index in [1.807, 2.05) is 0 Å². The second-order valence-electron chi connectivity index (χ2n) is 0.189. The van der Waals surface area contributed by atoms with Gasteiger partial charge in [-0.25, -0.2) is 0 Å². The molecule has 0 bridgehead atoms. The molecule has 0 aliphatic heterocycles. The molecule has 0 aliphatic carbocycles. The second-order valence-corrected chi connectivity index (χ2v) is 0.567. The van der Waals surface area contributed by atoms with E-state index >= 15 is 0 Å². The molecule has 0 amide bonds. The van der Waals surface area contributed by atoms with E-state index in [2.05, 4.69) is 0 Å². The van der Waals surface area contributed by atoms with Gasteiger partial charge in [0, 0.05) is 0 Å². The largest absolute Gasteiger partial charge is 2.00 e. The van der Waals surface area contributed by atoms with Crippen molar-refractivity contribution in [1.82, 2.24) is 0 Å². The zero-order valence-corrected chi connectivity index (χ0v) is 6.41. The van der Waals surface area contributed by atoms with E-state index in [0.29, 0.717) is 0 Å². The summed E-state index contributed by atoms with van der Waals surface area (Å²) in [6, 6.07) is 0. The molecule has 0 heterocycles. The number of hydrogen-bond donors (Lipinski definition) is 0. The molecule has 6 heteroatoms. The molecule has 0 fully saturated rings. The van der Waals surface area contributed by atoms with Gasteiger partial charge in [-0.05, 0) is 0 Å². The van der Waals surface area contributed by atoms with Crippen LogP contribution in [0.15, 0.2) is 0 Å². The minimum atomic E-state index is -2.85. The minimum absolute atomic E-state index is 0. The van der Waals surface area contributed by atoms with Gasteiger partial charge in [0.2, 0.25) is 0 Å². The van der Waals surface area contributed by atoms with Gasteiger partial charge < -0.3 is 26.4 Å². The Balaban J connectivity index is -0.0000000450. The van der Waals surface area contributed by atoms with Gasteiger partial charge in [0.1, 0.15) is 0 Å². The standard InChI is InChI=1S/Ca.ClO3.ClH/c;2-1(3)4;/h;;1H/q+2;-1;/p-1. The number of rotatable bonds is 0. The monoisotopic (exact) mass is 158 g/mol. The van der Waals surface area contributed by atoms with Crippen molar-refractivity contribution in [3.8, 4) is 0 Å². The maximum atomic E-state index is 8.41. The van der Waals surface area contributed by atoms with Crippen LogP contribution in [0.3, 0.4) is 0 Å². The van der Waals surface area contributed by atoms with Crippen LogP contribution in [-0.4, -0.2) is 37.7 Å². The summed E-state index contributed by atoms with van der Waals surface area (Å²) in [5.74, 6) is 0. The summed E-state index contributed by atoms with van der Waals surface area (Å²) in [5.41, 5.74) is 0. The summed E-state index contributed by atoms with van der Waals surface area (Å²) < 4.78 is 25.2. The average Bonchev–Trinajstić information content (AvgIpc) is 0.811. The van der Waals surface area contributed by atoms with Gasteiger partial charge in [-0.15, -0.1) is 0 Å². The molecule has 0 spiro atoms. The predicted molar refractivity (Wildman–Crippen MR) is 5.75 cm³/mol. The molecule has 0 radical (unpaired) electrons. The first kappa shape index (κ1) is 15.6. The van der Waals surface area contributed by atoms with Crippen molar-refractivity contribution in [3.63, 3.8) is 0 Å². The van der Waals surface area contributed by atoms with Crippen LogP contribution in [0.2, 0.25) is 0 Å². The zero-order valence-electron chi connectivity index (χ0n) is 2.69. The van der Waals surface area contributed by atoms with Crippen molar-refractivity contribution in [2.24, 2.45) is 0 Å². The third-order valence-corrected chi connectivity index (χ3v) is 0. The molecule has 0 atom stereocenters. The quantitative estimate of drug-likeness (QED) is 0.330. The van der Waals surface area contributed by atoms with E-state index in [1.165, 1.54) is 0 Å². The van der Waals surface area contributed by atoms with Crippen LogP contribution in [0.4, 0.5) is 0 Å². The summed E-state index contributed by atoms with van der Waals surface area (Å²) in [5, 5.41) is 0. The second kappa shape index (κ2) is 9.87. The Bertz CT molecular complexity index is 13.5. The molecular formula is CaCl2O3. The molecule has 0 saturated carbocycles. The van der Waals surface area contributed by atoms with Gasteiger partial charge in [-0.1, -0.05) is 0 Å². The fourth-order valence-electron chi connectivity index (χ4n) is 0. The average molecular weight is 159 g/mol. The van der Waals surface area contributed by atoms with Gasteiger partial charge in [-0.2, -0.15) is 0 Å². The van der Waals surface area contributed by atoms with Crippen molar-refractivity contribution < 1.29 is 37.2 Å². The van der Waals surface area contributed by atoms with Crippen molar-refractivity contribution in [1.29, 1.82) is 0 Å². The fourth-order valence-corrected chi connectivity index (χ4v) is 0. The molecule has 0 aromatic rings. The molecule has 0 rings (SSSR count). The van der Waals surface area contributed by atoms with Gasteiger partial charge >= 0.3 is 37.7 Å². The summed E-state index contributed by atoms with van der Waals surface area (Å²) in [7, 11) is -2.85. The van der Waals surface area contributed by atoms with Crippen LogP contribution in [0, 0.1) is 10.8 Å². The smallest absolute Gasteiger partial charge is 1.00 e. The van der Waals surface area contributed by atoms with Crippen molar-refractivity contribution in [2.75, 3.05) is 0 Å². The van der Waals surface area contributed by atoms with Crippen LogP contribution in [0.5, 0.6) is 0 Å². The maximum Gasteiger partial charge on any atom is 2.00 e.